The van der Waals surface area contributed by atoms with Crippen LogP contribution in [0.4, 0.5) is 0 Å². The molecule has 3 rings (SSSR count). The fourth-order valence-electron chi connectivity index (χ4n) is 2.97. The summed E-state index contributed by atoms with van der Waals surface area (Å²) in [6.45, 7) is 7.44. The van der Waals surface area contributed by atoms with Crippen LogP contribution >= 0.6 is 11.6 Å². The van der Waals surface area contributed by atoms with Crippen molar-refractivity contribution in [1.82, 2.24) is 4.72 Å². The summed E-state index contributed by atoms with van der Waals surface area (Å²) < 4.78 is 40.1. The molecular weight excluding hydrogens is 413 g/mol. The van der Waals surface area contributed by atoms with E-state index in [1.807, 2.05) is 27.7 Å². The average Bonchev–Trinajstić information content (AvgIpc) is 2.87. The van der Waals surface area contributed by atoms with Gasteiger partial charge in [-0.15, -0.1) is 0 Å². The zero-order chi connectivity index (χ0) is 21.4. The minimum Gasteiger partial charge on any atom is -0.399 e. The number of aliphatic hydroxyl groups excluding tert-OH is 1. The van der Waals surface area contributed by atoms with Crippen LogP contribution in [0.25, 0.3) is 0 Å². The fraction of sp³-hybridized carbons (Fsp3) is 0.400. The predicted octanol–water partition coefficient (Wildman–Crippen LogP) is 2.65. The molecule has 2 aromatic rings. The molecule has 9 heteroatoms. The zero-order valence-corrected chi connectivity index (χ0v) is 18.4. The van der Waals surface area contributed by atoms with Crippen molar-refractivity contribution in [2.75, 3.05) is 6.61 Å². The number of benzene rings is 2. The first-order chi connectivity index (χ1) is 13.4. The number of sulfonamides is 1. The summed E-state index contributed by atoms with van der Waals surface area (Å²) in [5.41, 5.74) is 0.360. The topological polar surface area (TPSA) is 84.9 Å². The van der Waals surface area contributed by atoms with Gasteiger partial charge in [-0.25, -0.2) is 13.1 Å². The molecule has 0 amide bonds. The van der Waals surface area contributed by atoms with Crippen LogP contribution in [-0.2, 0) is 19.3 Å². The summed E-state index contributed by atoms with van der Waals surface area (Å²) in [6, 6.07) is 12.2. The molecule has 1 aliphatic heterocycles. The third kappa shape index (κ3) is 4.68. The fourth-order valence-corrected chi connectivity index (χ4v) is 4.39. The highest BCUT2D eigenvalue weighted by molar-refractivity contribution is 7.89. The average molecular weight is 438 g/mol. The van der Waals surface area contributed by atoms with E-state index in [0.29, 0.717) is 10.6 Å². The van der Waals surface area contributed by atoms with Crippen molar-refractivity contribution >= 4 is 34.2 Å². The van der Waals surface area contributed by atoms with Gasteiger partial charge in [-0.3, -0.25) is 0 Å². The lowest BCUT2D eigenvalue weighted by molar-refractivity contribution is 0.00578. The second-order valence-electron chi connectivity index (χ2n) is 8.07. The van der Waals surface area contributed by atoms with Crippen LogP contribution in [0.3, 0.4) is 0 Å². The van der Waals surface area contributed by atoms with Crippen molar-refractivity contribution in [2.24, 2.45) is 0 Å². The molecule has 1 atom stereocenters. The number of hydrogen-bond acceptors (Lipinski definition) is 5. The maximum atomic E-state index is 12.8. The first kappa shape index (κ1) is 22.3. The number of nitrogens with one attached hydrogen (secondary N) is 1. The Bertz CT molecular complexity index is 963. The third-order valence-electron chi connectivity index (χ3n) is 5.45. The minimum atomic E-state index is -3.85. The minimum absolute atomic E-state index is 0.0817. The van der Waals surface area contributed by atoms with Gasteiger partial charge in [0.15, 0.2) is 0 Å². The van der Waals surface area contributed by atoms with Crippen molar-refractivity contribution in [3.8, 4) is 0 Å². The molecule has 0 spiro atoms. The van der Waals surface area contributed by atoms with Gasteiger partial charge in [-0.1, -0.05) is 35.9 Å². The first-order valence-electron chi connectivity index (χ1n) is 9.29. The monoisotopic (exact) mass is 437 g/mol. The maximum absolute atomic E-state index is 12.8. The lowest BCUT2D eigenvalue weighted by atomic mass is 9.79. The summed E-state index contributed by atoms with van der Waals surface area (Å²) in [7, 11) is -4.42. The standard InChI is InChI=1S/C20H25BClNO5S/c1-19(2)20(3,4)28-21(27-19)15-8-10-17(11-9-15)29(25,26)23-18(13-24)14-6-5-7-16(22)12-14/h5-12,18,23-24H,13H2,1-4H3/t18-/m1/s1. The van der Waals surface area contributed by atoms with Crippen LogP contribution in [0, 0.1) is 0 Å². The lowest BCUT2D eigenvalue weighted by Crippen LogP contribution is -2.41. The van der Waals surface area contributed by atoms with Crippen LogP contribution in [0.5, 0.6) is 0 Å². The Morgan fingerprint density at radius 2 is 1.66 bits per heavy atom. The molecule has 2 aromatic carbocycles. The number of rotatable bonds is 6. The Kier molecular flexibility index (Phi) is 6.16. The number of hydrogen-bond donors (Lipinski definition) is 2. The predicted molar refractivity (Wildman–Crippen MR) is 114 cm³/mol. The van der Waals surface area contributed by atoms with E-state index in [2.05, 4.69) is 4.72 Å². The van der Waals surface area contributed by atoms with Gasteiger partial charge in [0.05, 0.1) is 28.7 Å². The van der Waals surface area contributed by atoms with E-state index in [1.54, 1.807) is 36.4 Å². The first-order valence-corrected chi connectivity index (χ1v) is 11.2. The molecule has 1 fully saturated rings. The largest absolute Gasteiger partial charge is 0.494 e. The van der Waals surface area contributed by atoms with Gasteiger partial charge in [0.1, 0.15) is 0 Å². The summed E-state index contributed by atoms with van der Waals surface area (Å²) in [5, 5.41) is 10.1. The molecule has 0 bridgehead atoms. The quantitative estimate of drug-likeness (QED) is 0.679. The molecule has 1 heterocycles. The highest BCUT2D eigenvalue weighted by Gasteiger charge is 2.51. The van der Waals surface area contributed by atoms with E-state index in [1.165, 1.54) is 12.1 Å². The molecule has 0 unspecified atom stereocenters. The Morgan fingerprint density at radius 1 is 1.07 bits per heavy atom. The van der Waals surface area contributed by atoms with Gasteiger partial charge in [-0.05, 0) is 63.0 Å². The molecule has 2 N–H and O–H groups in total. The molecular formula is C20H25BClNO5S. The van der Waals surface area contributed by atoms with Crippen molar-refractivity contribution in [1.29, 1.82) is 0 Å². The van der Waals surface area contributed by atoms with Crippen LogP contribution in [0.2, 0.25) is 5.02 Å². The van der Waals surface area contributed by atoms with E-state index in [4.69, 9.17) is 20.9 Å². The van der Waals surface area contributed by atoms with Gasteiger partial charge in [0, 0.05) is 5.02 Å². The van der Waals surface area contributed by atoms with Crippen LogP contribution < -0.4 is 10.2 Å². The van der Waals surface area contributed by atoms with E-state index < -0.39 is 41.0 Å². The summed E-state index contributed by atoms with van der Waals surface area (Å²) in [4.78, 5) is 0.0817. The number of aliphatic hydroxyl groups is 1. The molecule has 0 aliphatic carbocycles. The van der Waals surface area contributed by atoms with E-state index in [0.717, 1.165) is 5.46 Å². The highest BCUT2D eigenvalue weighted by atomic mass is 35.5. The molecule has 0 saturated carbocycles. The Balaban J connectivity index is 1.78. The van der Waals surface area contributed by atoms with Gasteiger partial charge < -0.3 is 14.4 Å². The molecule has 1 aliphatic rings. The van der Waals surface area contributed by atoms with Crippen molar-refractivity contribution in [3.63, 3.8) is 0 Å². The SMILES string of the molecule is CC1(C)OB(c2ccc(S(=O)(=O)N[C@H](CO)c3cccc(Cl)c3)cc2)OC1(C)C. The molecule has 29 heavy (non-hydrogen) atoms. The van der Waals surface area contributed by atoms with E-state index >= 15 is 0 Å². The highest BCUT2D eigenvalue weighted by Crippen LogP contribution is 2.36. The summed E-state index contributed by atoms with van der Waals surface area (Å²) >= 11 is 5.97. The van der Waals surface area contributed by atoms with E-state index in [-0.39, 0.29) is 4.90 Å². The molecule has 0 aromatic heterocycles. The van der Waals surface area contributed by atoms with Crippen LogP contribution in [0.1, 0.15) is 39.3 Å². The van der Waals surface area contributed by atoms with E-state index in [9.17, 15) is 13.5 Å². The van der Waals surface area contributed by atoms with Crippen molar-refractivity contribution in [3.05, 3.63) is 59.1 Å². The summed E-state index contributed by atoms with van der Waals surface area (Å²) in [6.07, 6.45) is 0. The van der Waals surface area contributed by atoms with Gasteiger partial charge in [0.2, 0.25) is 10.0 Å². The van der Waals surface area contributed by atoms with Crippen LogP contribution in [0.15, 0.2) is 53.4 Å². The Hall–Kier alpha value is -1.42. The zero-order valence-electron chi connectivity index (χ0n) is 16.8. The van der Waals surface area contributed by atoms with Gasteiger partial charge in [0.25, 0.3) is 0 Å². The second kappa shape index (κ2) is 8.02. The Labute approximate surface area is 177 Å². The Morgan fingerprint density at radius 3 is 2.17 bits per heavy atom. The molecule has 156 valence electrons. The maximum Gasteiger partial charge on any atom is 0.494 e. The van der Waals surface area contributed by atoms with Crippen molar-refractivity contribution < 1.29 is 22.8 Å². The molecule has 6 nitrogen and oxygen atoms in total. The molecule has 1 saturated heterocycles. The second-order valence-corrected chi connectivity index (χ2v) is 10.2. The van der Waals surface area contributed by atoms with Gasteiger partial charge >= 0.3 is 7.12 Å². The lowest BCUT2D eigenvalue weighted by Gasteiger charge is -2.32. The normalized spacial score (nSPS) is 19.3. The van der Waals surface area contributed by atoms with Gasteiger partial charge in [-0.2, -0.15) is 0 Å². The molecule has 0 radical (unpaired) electrons. The smallest absolute Gasteiger partial charge is 0.399 e. The van der Waals surface area contributed by atoms with Crippen molar-refractivity contribution in [2.45, 2.75) is 49.8 Å². The summed E-state index contributed by atoms with van der Waals surface area (Å²) in [5.74, 6) is 0. The third-order valence-corrected chi connectivity index (χ3v) is 7.17. The van der Waals surface area contributed by atoms with Crippen LogP contribution in [-0.4, -0.2) is 38.5 Å². The number of halogens is 1.